The quantitative estimate of drug-likeness (QED) is 0.690. The maximum absolute atomic E-state index is 13.3. The third-order valence-corrected chi connectivity index (χ3v) is 3.81. The molecule has 0 fully saturated rings. The summed E-state index contributed by atoms with van der Waals surface area (Å²) in [5.74, 6) is -1.01. The van der Waals surface area contributed by atoms with E-state index in [9.17, 15) is 14.0 Å². The highest BCUT2D eigenvalue weighted by Gasteiger charge is 2.25. The van der Waals surface area contributed by atoms with Crippen LogP contribution in [0.15, 0.2) is 35.0 Å². The molecule has 7 nitrogen and oxygen atoms in total. The zero-order valence-corrected chi connectivity index (χ0v) is 13.6. The number of nitrogens with zero attached hydrogens (tertiary/aromatic N) is 1. The van der Waals surface area contributed by atoms with Crippen molar-refractivity contribution in [2.75, 3.05) is 7.11 Å². The lowest BCUT2D eigenvalue weighted by atomic mass is 10.0. The zero-order chi connectivity index (χ0) is 18.0. The number of aryl methyl sites for hydroxylation is 1. The minimum Gasteiger partial charge on any atom is -0.467 e. The molecule has 0 aliphatic carbocycles. The summed E-state index contributed by atoms with van der Waals surface area (Å²) in [5.41, 5.74) is 1.44. The number of rotatable bonds is 5. The van der Waals surface area contributed by atoms with Crippen LogP contribution in [0.5, 0.6) is 0 Å². The highest BCUT2D eigenvalue weighted by molar-refractivity contribution is 5.95. The van der Waals surface area contributed by atoms with Crippen LogP contribution < -0.4 is 5.32 Å². The molecule has 0 aliphatic rings. The Morgan fingerprint density at radius 1 is 1.40 bits per heavy atom. The number of fused-ring (bicyclic) bond motifs is 1. The summed E-state index contributed by atoms with van der Waals surface area (Å²) in [6.45, 7) is 1.66. The topological polar surface area (TPSA) is 97.2 Å². The van der Waals surface area contributed by atoms with Crippen LogP contribution in [-0.4, -0.2) is 35.2 Å². The van der Waals surface area contributed by atoms with E-state index in [1.807, 2.05) is 0 Å². The number of hydrogen-bond donors (Lipinski definition) is 2. The number of hydrogen-bond acceptors (Lipinski definition) is 5. The second-order valence-electron chi connectivity index (χ2n) is 5.58. The molecule has 2 aromatic heterocycles. The van der Waals surface area contributed by atoms with Crippen LogP contribution in [0.2, 0.25) is 0 Å². The predicted molar refractivity (Wildman–Crippen MR) is 86.5 cm³/mol. The van der Waals surface area contributed by atoms with E-state index in [-0.39, 0.29) is 17.9 Å². The van der Waals surface area contributed by atoms with Crippen molar-refractivity contribution in [1.82, 2.24) is 15.5 Å². The molecule has 130 valence electrons. The van der Waals surface area contributed by atoms with Gasteiger partial charge in [0, 0.05) is 29.6 Å². The largest absolute Gasteiger partial charge is 0.467 e. The fourth-order valence-electron chi connectivity index (χ4n) is 2.59. The van der Waals surface area contributed by atoms with Gasteiger partial charge in [0.1, 0.15) is 17.6 Å². The summed E-state index contributed by atoms with van der Waals surface area (Å²) in [6, 6.07) is 4.87. The first-order valence-corrected chi connectivity index (χ1v) is 7.55. The summed E-state index contributed by atoms with van der Waals surface area (Å²) in [6.07, 6.45) is 1.85. The molecule has 2 N–H and O–H groups in total. The Labute approximate surface area is 142 Å². The second kappa shape index (κ2) is 6.76. The summed E-state index contributed by atoms with van der Waals surface area (Å²) >= 11 is 0. The number of carbonyl (C=O) groups is 2. The molecule has 0 saturated heterocycles. The standard InChI is InChI=1S/C17H16FN3O4/c1-9-5-14(21-25-9)16(22)20-15(17(23)24-2)6-10-8-19-13-7-11(18)3-4-12(10)13/h3-5,7-8,15,19H,6H2,1-2H3,(H,20,22)/t15-/m1/s1. The van der Waals surface area contributed by atoms with Gasteiger partial charge in [0.2, 0.25) is 0 Å². The molecule has 0 aliphatic heterocycles. The highest BCUT2D eigenvalue weighted by atomic mass is 19.1. The number of halogens is 1. The number of aromatic nitrogens is 2. The lowest BCUT2D eigenvalue weighted by molar-refractivity contribution is -0.142. The fraction of sp³-hybridized carbons (Fsp3) is 0.235. The van der Waals surface area contributed by atoms with Gasteiger partial charge in [0.25, 0.3) is 5.91 Å². The molecule has 1 atom stereocenters. The lowest BCUT2D eigenvalue weighted by Crippen LogP contribution is -2.43. The highest BCUT2D eigenvalue weighted by Crippen LogP contribution is 2.21. The number of nitrogens with one attached hydrogen (secondary N) is 2. The van der Waals surface area contributed by atoms with E-state index in [1.54, 1.807) is 19.2 Å². The minimum absolute atomic E-state index is 0.0763. The van der Waals surface area contributed by atoms with E-state index in [4.69, 9.17) is 9.26 Å². The van der Waals surface area contributed by atoms with Crippen molar-refractivity contribution in [2.24, 2.45) is 0 Å². The number of carbonyl (C=O) groups excluding carboxylic acids is 2. The minimum atomic E-state index is -0.918. The van der Waals surface area contributed by atoms with E-state index in [0.717, 1.165) is 10.9 Å². The van der Waals surface area contributed by atoms with Crippen molar-refractivity contribution >= 4 is 22.8 Å². The van der Waals surface area contributed by atoms with Crippen LogP contribution in [0, 0.1) is 12.7 Å². The first kappa shape index (κ1) is 16.7. The van der Waals surface area contributed by atoms with Gasteiger partial charge >= 0.3 is 5.97 Å². The van der Waals surface area contributed by atoms with Gasteiger partial charge in [0.05, 0.1) is 7.11 Å². The van der Waals surface area contributed by atoms with Crippen LogP contribution in [0.3, 0.4) is 0 Å². The van der Waals surface area contributed by atoms with Gasteiger partial charge in [-0.3, -0.25) is 4.79 Å². The number of ether oxygens (including phenoxy) is 1. The molecule has 0 radical (unpaired) electrons. The molecular weight excluding hydrogens is 329 g/mol. The maximum Gasteiger partial charge on any atom is 0.328 e. The van der Waals surface area contributed by atoms with Crippen molar-refractivity contribution in [3.8, 4) is 0 Å². The summed E-state index contributed by atoms with van der Waals surface area (Å²) in [5, 5.41) is 6.98. The molecule has 0 saturated carbocycles. The van der Waals surface area contributed by atoms with Crippen molar-refractivity contribution in [1.29, 1.82) is 0 Å². The van der Waals surface area contributed by atoms with Gasteiger partial charge < -0.3 is 19.6 Å². The summed E-state index contributed by atoms with van der Waals surface area (Å²) < 4.78 is 22.9. The van der Waals surface area contributed by atoms with E-state index < -0.39 is 17.9 Å². The van der Waals surface area contributed by atoms with Gasteiger partial charge in [-0.25, -0.2) is 9.18 Å². The van der Waals surface area contributed by atoms with E-state index in [2.05, 4.69) is 15.5 Å². The third kappa shape index (κ3) is 3.52. The first-order valence-electron chi connectivity index (χ1n) is 7.55. The van der Waals surface area contributed by atoms with Crippen LogP contribution in [-0.2, 0) is 16.0 Å². The fourth-order valence-corrected chi connectivity index (χ4v) is 2.59. The number of methoxy groups -OCH3 is 1. The molecule has 0 bridgehead atoms. The molecule has 25 heavy (non-hydrogen) atoms. The van der Waals surface area contributed by atoms with Crippen LogP contribution in [0.4, 0.5) is 4.39 Å². The van der Waals surface area contributed by atoms with Crippen molar-refractivity contribution in [2.45, 2.75) is 19.4 Å². The predicted octanol–water partition coefficient (Wildman–Crippen LogP) is 2.12. The Kier molecular flexibility index (Phi) is 4.51. The number of amides is 1. The molecular formula is C17H16FN3O4. The monoisotopic (exact) mass is 345 g/mol. The Hall–Kier alpha value is -3.16. The van der Waals surface area contributed by atoms with Gasteiger partial charge in [-0.15, -0.1) is 0 Å². The number of aromatic amines is 1. The summed E-state index contributed by atoms with van der Waals surface area (Å²) in [4.78, 5) is 27.2. The molecule has 3 aromatic rings. The van der Waals surface area contributed by atoms with Crippen molar-refractivity contribution in [3.05, 3.63) is 53.3 Å². The van der Waals surface area contributed by atoms with Gasteiger partial charge in [-0.2, -0.15) is 0 Å². The molecule has 0 spiro atoms. The molecule has 3 rings (SSSR count). The Morgan fingerprint density at radius 3 is 2.88 bits per heavy atom. The Morgan fingerprint density at radius 2 is 2.20 bits per heavy atom. The third-order valence-electron chi connectivity index (χ3n) is 3.81. The van der Waals surface area contributed by atoms with E-state index >= 15 is 0 Å². The lowest BCUT2D eigenvalue weighted by Gasteiger charge is -2.15. The first-order chi connectivity index (χ1) is 12.0. The van der Waals surface area contributed by atoms with Crippen LogP contribution in [0.25, 0.3) is 10.9 Å². The summed E-state index contributed by atoms with van der Waals surface area (Å²) in [7, 11) is 1.24. The van der Waals surface area contributed by atoms with Crippen molar-refractivity contribution in [3.63, 3.8) is 0 Å². The molecule has 8 heteroatoms. The van der Waals surface area contributed by atoms with Gasteiger partial charge in [-0.05, 0) is 30.7 Å². The van der Waals surface area contributed by atoms with E-state index in [0.29, 0.717) is 11.3 Å². The molecule has 1 aromatic carbocycles. The normalized spacial score (nSPS) is 12.1. The van der Waals surface area contributed by atoms with Gasteiger partial charge in [0.15, 0.2) is 5.69 Å². The molecule has 1 amide bonds. The number of H-pyrrole nitrogens is 1. The average Bonchev–Trinajstić information content (AvgIpc) is 3.19. The molecule has 0 unspecified atom stereocenters. The maximum atomic E-state index is 13.3. The Balaban J connectivity index is 1.83. The average molecular weight is 345 g/mol. The second-order valence-corrected chi connectivity index (χ2v) is 5.58. The van der Waals surface area contributed by atoms with Gasteiger partial charge in [-0.1, -0.05) is 5.16 Å². The van der Waals surface area contributed by atoms with Crippen LogP contribution in [0.1, 0.15) is 21.8 Å². The van der Waals surface area contributed by atoms with E-state index in [1.165, 1.54) is 25.3 Å². The molecule has 2 heterocycles. The zero-order valence-electron chi connectivity index (χ0n) is 13.6. The number of benzene rings is 1. The van der Waals surface area contributed by atoms with Crippen LogP contribution >= 0.6 is 0 Å². The number of esters is 1. The SMILES string of the molecule is COC(=O)[C@@H](Cc1c[nH]c2cc(F)ccc12)NC(=O)c1cc(C)on1. The smallest absolute Gasteiger partial charge is 0.328 e. The van der Waals surface area contributed by atoms with Crippen molar-refractivity contribution < 1.29 is 23.2 Å². The Bertz CT molecular complexity index is 931.